The summed E-state index contributed by atoms with van der Waals surface area (Å²) in [5.74, 6) is -1.94. The van der Waals surface area contributed by atoms with Gasteiger partial charge in [0.1, 0.15) is 5.41 Å². The van der Waals surface area contributed by atoms with Gasteiger partial charge < -0.3 is 9.84 Å². The number of carbonyl (C=O) groups is 2. The van der Waals surface area contributed by atoms with Crippen LogP contribution in [0.4, 0.5) is 0 Å². The Labute approximate surface area is 182 Å². The van der Waals surface area contributed by atoms with Crippen molar-refractivity contribution in [1.29, 1.82) is 0 Å². The second-order valence-electron chi connectivity index (χ2n) is 8.69. The van der Waals surface area contributed by atoms with Gasteiger partial charge in [0.15, 0.2) is 0 Å². The fraction of sp³-hybridized carbons (Fsp3) is 0.259. The molecule has 1 aliphatic carbocycles. The lowest BCUT2D eigenvalue weighted by atomic mass is 9.69. The summed E-state index contributed by atoms with van der Waals surface area (Å²) >= 11 is 0. The summed E-state index contributed by atoms with van der Waals surface area (Å²) in [7, 11) is 0. The molecule has 31 heavy (non-hydrogen) atoms. The Kier molecular flexibility index (Phi) is 5.40. The number of esters is 1. The van der Waals surface area contributed by atoms with Crippen molar-refractivity contribution in [1.82, 2.24) is 0 Å². The maximum Gasteiger partial charge on any atom is 0.325 e. The maximum absolute atomic E-state index is 13.9. The Bertz CT molecular complexity index is 962. The monoisotopic (exact) mass is 414 g/mol. The molecule has 0 aromatic heterocycles. The zero-order chi connectivity index (χ0) is 22.1. The van der Waals surface area contributed by atoms with Crippen molar-refractivity contribution in [2.75, 3.05) is 6.61 Å². The first-order valence-electron chi connectivity index (χ1n) is 10.5. The minimum atomic E-state index is -1.15. The van der Waals surface area contributed by atoms with Crippen molar-refractivity contribution in [3.8, 4) is 0 Å². The molecular formula is C27H26O4. The summed E-state index contributed by atoms with van der Waals surface area (Å²) in [6.07, 6.45) is 0. The van der Waals surface area contributed by atoms with Crippen LogP contribution >= 0.6 is 0 Å². The normalized spacial score (nSPS) is 19.4. The molecule has 1 N–H and O–H groups in total. The Morgan fingerprint density at radius 2 is 1.19 bits per heavy atom. The highest BCUT2D eigenvalue weighted by atomic mass is 16.5. The number of hydrogen-bond acceptors (Lipinski definition) is 3. The lowest BCUT2D eigenvalue weighted by molar-refractivity contribution is -0.149. The number of carboxylic acids is 1. The average Bonchev–Trinajstić information content (AvgIpc) is 3.36. The van der Waals surface area contributed by atoms with Crippen LogP contribution in [0.1, 0.15) is 30.5 Å². The van der Waals surface area contributed by atoms with E-state index in [2.05, 4.69) is 0 Å². The van der Waals surface area contributed by atoms with E-state index < -0.39 is 23.3 Å². The van der Waals surface area contributed by atoms with Gasteiger partial charge in [0.2, 0.25) is 0 Å². The van der Waals surface area contributed by atoms with Gasteiger partial charge in [-0.15, -0.1) is 0 Å². The smallest absolute Gasteiger partial charge is 0.325 e. The van der Waals surface area contributed by atoms with Crippen molar-refractivity contribution in [2.24, 2.45) is 17.3 Å². The predicted octanol–water partition coefficient (Wildman–Crippen LogP) is 4.92. The second kappa shape index (κ2) is 8.03. The minimum Gasteiger partial charge on any atom is -0.481 e. The number of aliphatic carboxylic acids is 1. The van der Waals surface area contributed by atoms with E-state index in [1.165, 1.54) is 0 Å². The van der Waals surface area contributed by atoms with E-state index >= 15 is 0 Å². The third kappa shape index (κ3) is 3.52. The Hall–Kier alpha value is -3.40. The molecule has 0 radical (unpaired) electrons. The van der Waals surface area contributed by atoms with Crippen molar-refractivity contribution >= 4 is 11.9 Å². The Balaban J connectivity index is 1.79. The second-order valence-corrected chi connectivity index (χ2v) is 8.69. The predicted molar refractivity (Wildman–Crippen MR) is 119 cm³/mol. The molecule has 2 atom stereocenters. The van der Waals surface area contributed by atoms with Crippen molar-refractivity contribution < 1.29 is 19.4 Å². The maximum atomic E-state index is 13.9. The van der Waals surface area contributed by atoms with Gasteiger partial charge in [0.25, 0.3) is 0 Å². The Morgan fingerprint density at radius 1 is 0.806 bits per heavy atom. The van der Waals surface area contributed by atoms with E-state index in [4.69, 9.17) is 4.74 Å². The molecule has 1 saturated carbocycles. The molecule has 3 aromatic rings. The van der Waals surface area contributed by atoms with Gasteiger partial charge in [0.05, 0.1) is 12.5 Å². The van der Waals surface area contributed by atoms with E-state index in [0.29, 0.717) is 0 Å². The topological polar surface area (TPSA) is 63.6 Å². The molecule has 0 saturated heterocycles. The van der Waals surface area contributed by atoms with Crippen LogP contribution in [0.3, 0.4) is 0 Å². The molecule has 1 fully saturated rings. The van der Waals surface area contributed by atoms with E-state index in [9.17, 15) is 14.7 Å². The van der Waals surface area contributed by atoms with Crippen molar-refractivity contribution in [3.05, 3.63) is 108 Å². The first kappa shape index (κ1) is 20.9. The highest BCUT2D eigenvalue weighted by Crippen LogP contribution is 2.58. The fourth-order valence-electron chi connectivity index (χ4n) is 4.74. The lowest BCUT2D eigenvalue weighted by Crippen LogP contribution is -2.40. The van der Waals surface area contributed by atoms with Crippen molar-refractivity contribution in [3.63, 3.8) is 0 Å². The molecular weight excluding hydrogens is 388 g/mol. The van der Waals surface area contributed by atoms with Crippen LogP contribution in [0.5, 0.6) is 0 Å². The van der Waals surface area contributed by atoms with Gasteiger partial charge in [0, 0.05) is 5.92 Å². The molecule has 4 heteroatoms. The lowest BCUT2D eigenvalue weighted by Gasteiger charge is -2.33. The minimum absolute atomic E-state index is 0.0804. The van der Waals surface area contributed by atoms with Gasteiger partial charge in [-0.1, -0.05) is 105 Å². The summed E-state index contributed by atoms with van der Waals surface area (Å²) in [6.45, 7) is 3.89. The van der Waals surface area contributed by atoms with Crippen molar-refractivity contribution in [2.45, 2.75) is 19.3 Å². The van der Waals surface area contributed by atoms with Crippen LogP contribution in [0, 0.1) is 17.3 Å². The summed E-state index contributed by atoms with van der Waals surface area (Å²) in [5.41, 5.74) is 0.884. The van der Waals surface area contributed by atoms with Gasteiger partial charge in [-0.25, -0.2) is 0 Å². The highest BCUT2D eigenvalue weighted by molar-refractivity contribution is 5.92. The molecule has 3 aromatic carbocycles. The Morgan fingerprint density at radius 3 is 1.52 bits per heavy atom. The highest BCUT2D eigenvalue weighted by Gasteiger charge is 2.63. The number of rotatable bonds is 7. The molecule has 0 bridgehead atoms. The fourth-order valence-corrected chi connectivity index (χ4v) is 4.74. The zero-order valence-corrected chi connectivity index (χ0v) is 17.7. The third-order valence-electron chi connectivity index (χ3n) is 6.64. The summed E-state index contributed by atoms with van der Waals surface area (Å²) in [6, 6.07) is 28.8. The zero-order valence-electron chi connectivity index (χ0n) is 17.7. The largest absolute Gasteiger partial charge is 0.481 e. The van der Waals surface area contributed by atoms with Crippen LogP contribution in [0.15, 0.2) is 91.0 Å². The number of ether oxygens (including phenoxy) is 1. The third-order valence-corrected chi connectivity index (χ3v) is 6.64. The molecule has 158 valence electrons. The summed E-state index contributed by atoms with van der Waals surface area (Å²) in [4.78, 5) is 25.5. The van der Waals surface area contributed by atoms with E-state index in [1.54, 1.807) is 0 Å². The number of carboxylic acid groups (broad SMARTS) is 1. The van der Waals surface area contributed by atoms with Gasteiger partial charge in [-0.05, 0) is 22.1 Å². The molecule has 0 spiro atoms. The number of benzene rings is 3. The quantitative estimate of drug-likeness (QED) is 0.440. The molecule has 2 unspecified atom stereocenters. The molecule has 0 aliphatic heterocycles. The van der Waals surface area contributed by atoms with Crippen LogP contribution in [-0.2, 0) is 19.7 Å². The molecule has 1 aliphatic rings. The number of hydrogen-bond donors (Lipinski definition) is 1. The van der Waals surface area contributed by atoms with Crippen LogP contribution < -0.4 is 0 Å². The van der Waals surface area contributed by atoms with E-state index in [1.807, 2.05) is 105 Å². The summed E-state index contributed by atoms with van der Waals surface area (Å²) < 4.78 is 5.91. The van der Waals surface area contributed by atoms with Gasteiger partial charge >= 0.3 is 11.9 Å². The molecule has 0 heterocycles. The van der Waals surface area contributed by atoms with Gasteiger partial charge in [-0.3, -0.25) is 9.59 Å². The molecule has 0 amide bonds. The van der Waals surface area contributed by atoms with Crippen LogP contribution in [-0.4, -0.2) is 23.7 Å². The first-order valence-corrected chi connectivity index (χ1v) is 10.5. The standard InChI is InChI=1S/C27H26O4/c1-26(2)22(23(26)24(28)29)18-31-25(30)27(19-12-6-3-7-13-19,20-14-8-4-9-15-20)21-16-10-5-11-17-21/h3-17,22-23H,18H2,1-2H3,(H,28,29). The first-order chi connectivity index (χ1) is 14.9. The summed E-state index contributed by atoms with van der Waals surface area (Å²) in [5, 5.41) is 9.48. The van der Waals surface area contributed by atoms with Gasteiger partial charge in [-0.2, -0.15) is 0 Å². The average molecular weight is 415 g/mol. The molecule has 4 rings (SSSR count). The van der Waals surface area contributed by atoms with Crippen LogP contribution in [0.25, 0.3) is 0 Å². The molecule has 4 nitrogen and oxygen atoms in total. The SMILES string of the molecule is CC1(C)C(COC(=O)C(c2ccccc2)(c2ccccc2)c2ccccc2)C1C(=O)O. The van der Waals surface area contributed by atoms with E-state index in [-0.39, 0.29) is 17.9 Å². The van der Waals surface area contributed by atoms with Crippen LogP contribution in [0.2, 0.25) is 0 Å². The number of carbonyl (C=O) groups excluding carboxylic acids is 1. The van der Waals surface area contributed by atoms with E-state index in [0.717, 1.165) is 16.7 Å².